The first-order chi connectivity index (χ1) is 8.06. The van der Waals surface area contributed by atoms with Crippen molar-refractivity contribution in [3.8, 4) is 0 Å². The Bertz CT molecular complexity index is 410. The fourth-order valence-electron chi connectivity index (χ4n) is 1.14. The SMILES string of the molecule is CCOCCOC(=O)c1cc(N)c(F)cc1F. The standard InChI is InChI=1S/C11H13F2NO3/c1-2-16-3-4-17-11(15)7-5-10(14)9(13)6-8(7)12/h5-6H,2-4,14H2,1H3. The molecule has 0 saturated heterocycles. The van der Waals surface area contributed by atoms with E-state index in [0.717, 1.165) is 6.07 Å². The van der Waals surface area contributed by atoms with Crippen LogP contribution in [0.3, 0.4) is 0 Å². The molecule has 0 saturated carbocycles. The third-order valence-corrected chi connectivity index (χ3v) is 1.97. The fraction of sp³-hybridized carbons (Fsp3) is 0.364. The van der Waals surface area contributed by atoms with Crippen molar-refractivity contribution < 1.29 is 23.0 Å². The van der Waals surface area contributed by atoms with E-state index in [1.807, 2.05) is 0 Å². The van der Waals surface area contributed by atoms with Crippen LogP contribution in [0.4, 0.5) is 14.5 Å². The van der Waals surface area contributed by atoms with Crippen LogP contribution in [-0.4, -0.2) is 25.8 Å². The highest BCUT2D eigenvalue weighted by Gasteiger charge is 2.16. The Morgan fingerprint density at radius 3 is 2.65 bits per heavy atom. The predicted octanol–water partition coefficient (Wildman–Crippen LogP) is 1.74. The second-order valence-corrected chi connectivity index (χ2v) is 3.19. The number of carbonyl (C=O) groups excluding carboxylic acids is 1. The van der Waals surface area contributed by atoms with Crippen molar-refractivity contribution >= 4 is 11.7 Å². The van der Waals surface area contributed by atoms with E-state index in [2.05, 4.69) is 0 Å². The highest BCUT2D eigenvalue weighted by molar-refractivity contribution is 5.90. The lowest BCUT2D eigenvalue weighted by Gasteiger charge is -2.06. The molecule has 17 heavy (non-hydrogen) atoms. The van der Waals surface area contributed by atoms with Gasteiger partial charge in [0.05, 0.1) is 17.9 Å². The quantitative estimate of drug-likeness (QED) is 0.487. The van der Waals surface area contributed by atoms with Crippen LogP contribution in [0, 0.1) is 11.6 Å². The molecule has 1 aromatic carbocycles. The van der Waals surface area contributed by atoms with Gasteiger partial charge in [0.15, 0.2) is 0 Å². The molecule has 0 radical (unpaired) electrons. The average molecular weight is 245 g/mol. The van der Waals surface area contributed by atoms with E-state index in [1.165, 1.54) is 0 Å². The zero-order valence-corrected chi connectivity index (χ0v) is 9.33. The van der Waals surface area contributed by atoms with Crippen molar-refractivity contribution in [2.24, 2.45) is 0 Å². The number of ether oxygens (including phenoxy) is 2. The van der Waals surface area contributed by atoms with Gasteiger partial charge in [0.25, 0.3) is 0 Å². The average Bonchev–Trinajstić information content (AvgIpc) is 2.29. The molecular formula is C11H13F2NO3. The van der Waals surface area contributed by atoms with Crippen LogP contribution in [0.25, 0.3) is 0 Å². The van der Waals surface area contributed by atoms with Gasteiger partial charge in [-0.1, -0.05) is 0 Å². The largest absolute Gasteiger partial charge is 0.460 e. The Morgan fingerprint density at radius 1 is 1.29 bits per heavy atom. The van der Waals surface area contributed by atoms with Crippen molar-refractivity contribution in [3.63, 3.8) is 0 Å². The van der Waals surface area contributed by atoms with Crippen LogP contribution >= 0.6 is 0 Å². The van der Waals surface area contributed by atoms with E-state index in [4.69, 9.17) is 15.2 Å². The molecule has 0 atom stereocenters. The summed E-state index contributed by atoms with van der Waals surface area (Å²) in [6.07, 6.45) is 0. The van der Waals surface area contributed by atoms with Crippen molar-refractivity contribution in [2.45, 2.75) is 6.92 Å². The number of nitrogens with two attached hydrogens (primary N) is 1. The van der Waals surface area contributed by atoms with E-state index in [1.54, 1.807) is 6.92 Å². The van der Waals surface area contributed by atoms with Crippen LogP contribution in [0.5, 0.6) is 0 Å². The summed E-state index contributed by atoms with van der Waals surface area (Å²) in [5.41, 5.74) is 4.54. The molecule has 0 aromatic heterocycles. The van der Waals surface area contributed by atoms with Gasteiger partial charge in [-0.15, -0.1) is 0 Å². The fourth-order valence-corrected chi connectivity index (χ4v) is 1.14. The zero-order chi connectivity index (χ0) is 12.8. The second-order valence-electron chi connectivity index (χ2n) is 3.19. The van der Waals surface area contributed by atoms with Gasteiger partial charge in [0.2, 0.25) is 0 Å². The molecule has 0 aliphatic carbocycles. The minimum absolute atomic E-state index is 0.00337. The number of esters is 1. The van der Waals surface area contributed by atoms with E-state index in [0.29, 0.717) is 12.7 Å². The summed E-state index contributed by atoms with van der Waals surface area (Å²) in [6, 6.07) is 1.46. The van der Waals surface area contributed by atoms with Gasteiger partial charge in [0.1, 0.15) is 18.2 Å². The number of benzene rings is 1. The normalized spacial score (nSPS) is 10.3. The highest BCUT2D eigenvalue weighted by Crippen LogP contribution is 2.17. The Labute approximate surface area is 97.3 Å². The van der Waals surface area contributed by atoms with Gasteiger partial charge < -0.3 is 15.2 Å². The summed E-state index contributed by atoms with van der Waals surface area (Å²) in [5, 5.41) is 0. The maximum Gasteiger partial charge on any atom is 0.341 e. The first-order valence-corrected chi connectivity index (χ1v) is 5.05. The summed E-state index contributed by atoms with van der Waals surface area (Å²) < 4.78 is 35.7. The van der Waals surface area contributed by atoms with Crippen LogP contribution < -0.4 is 5.73 Å². The van der Waals surface area contributed by atoms with E-state index < -0.39 is 17.6 Å². The number of rotatable bonds is 5. The maximum atomic E-state index is 13.2. The molecule has 1 rings (SSSR count). The Balaban J connectivity index is 2.66. The topological polar surface area (TPSA) is 61.5 Å². The number of hydrogen-bond donors (Lipinski definition) is 1. The third kappa shape index (κ3) is 3.67. The number of carbonyl (C=O) groups is 1. The molecule has 0 fully saturated rings. The highest BCUT2D eigenvalue weighted by atomic mass is 19.1. The van der Waals surface area contributed by atoms with Crippen LogP contribution in [0.1, 0.15) is 17.3 Å². The molecule has 94 valence electrons. The molecule has 0 heterocycles. The van der Waals surface area contributed by atoms with Gasteiger partial charge in [-0.05, 0) is 13.0 Å². The Morgan fingerprint density at radius 2 is 2.00 bits per heavy atom. The number of anilines is 1. The summed E-state index contributed by atoms with van der Waals surface area (Å²) in [5.74, 6) is -2.81. The minimum Gasteiger partial charge on any atom is -0.460 e. The Hall–Kier alpha value is -1.69. The number of halogens is 2. The van der Waals surface area contributed by atoms with E-state index in [9.17, 15) is 13.6 Å². The van der Waals surface area contributed by atoms with Crippen molar-refractivity contribution in [1.29, 1.82) is 0 Å². The zero-order valence-electron chi connectivity index (χ0n) is 9.33. The predicted molar refractivity (Wildman–Crippen MR) is 57.5 cm³/mol. The lowest BCUT2D eigenvalue weighted by molar-refractivity contribution is 0.0331. The number of hydrogen-bond acceptors (Lipinski definition) is 4. The van der Waals surface area contributed by atoms with Crippen LogP contribution in [0.15, 0.2) is 12.1 Å². The molecule has 0 unspecified atom stereocenters. The molecule has 0 bridgehead atoms. The summed E-state index contributed by atoms with van der Waals surface area (Å²) in [7, 11) is 0. The summed E-state index contributed by atoms with van der Waals surface area (Å²) in [4.78, 5) is 11.4. The molecular weight excluding hydrogens is 232 g/mol. The number of nitrogen functional groups attached to an aromatic ring is 1. The van der Waals surface area contributed by atoms with Crippen LogP contribution in [0.2, 0.25) is 0 Å². The second kappa shape index (κ2) is 6.15. The summed E-state index contributed by atoms with van der Waals surface area (Å²) in [6.45, 7) is 2.52. The van der Waals surface area contributed by atoms with E-state index >= 15 is 0 Å². The first-order valence-electron chi connectivity index (χ1n) is 5.05. The molecule has 0 aliphatic heterocycles. The molecule has 1 aromatic rings. The van der Waals surface area contributed by atoms with Gasteiger partial charge in [-0.25, -0.2) is 13.6 Å². The van der Waals surface area contributed by atoms with Crippen molar-refractivity contribution in [3.05, 3.63) is 29.3 Å². The molecule has 4 nitrogen and oxygen atoms in total. The third-order valence-electron chi connectivity index (χ3n) is 1.97. The molecule has 0 aliphatic rings. The molecule has 6 heteroatoms. The maximum absolute atomic E-state index is 13.2. The lowest BCUT2D eigenvalue weighted by atomic mass is 10.2. The van der Waals surface area contributed by atoms with Gasteiger partial charge in [0, 0.05) is 12.7 Å². The van der Waals surface area contributed by atoms with Gasteiger partial charge in [-0.3, -0.25) is 0 Å². The molecule has 0 spiro atoms. The van der Waals surface area contributed by atoms with Crippen LogP contribution in [-0.2, 0) is 9.47 Å². The lowest BCUT2D eigenvalue weighted by Crippen LogP contribution is -2.13. The minimum atomic E-state index is -1.00. The van der Waals surface area contributed by atoms with Crippen molar-refractivity contribution in [2.75, 3.05) is 25.6 Å². The molecule has 2 N–H and O–H groups in total. The smallest absolute Gasteiger partial charge is 0.341 e. The van der Waals surface area contributed by atoms with Crippen molar-refractivity contribution in [1.82, 2.24) is 0 Å². The first kappa shape index (κ1) is 13.4. The van der Waals surface area contributed by atoms with Gasteiger partial charge in [-0.2, -0.15) is 0 Å². The van der Waals surface area contributed by atoms with E-state index in [-0.39, 0.29) is 24.5 Å². The monoisotopic (exact) mass is 245 g/mol. The molecule has 0 amide bonds. The van der Waals surface area contributed by atoms with Gasteiger partial charge >= 0.3 is 5.97 Å². The Kier molecular flexibility index (Phi) is 4.84. The summed E-state index contributed by atoms with van der Waals surface area (Å²) >= 11 is 0.